The zero-order valence-corrected chi connectivity index (χ0v) is 20.1. The van der Waals surface area contributed by atoms with Gasteiger partial charge < -0.3 is 23.2 Å². The number of furan rings is 1. The number of benzene rings is 2. The van der Waals surface area contributed by atoms with Gasteiger partial charge in [0, 0.05) is 37.3 Å². The molecule has 1 saturated heterocycles. The molecule has 0 radical (unpaired) electrons. The average molecular weight is 475 g/mol. The molecule has 3 heterocycles. The number of hydrogen-bond donors (Lipinski definition) is 1. The van der Waals surface area contributed by atoms with Crippen LogP contribution in [0.3, 0.4) is 0 Å². The van der Waals surface area contributed by atoms with Gasteiger partial charge in [-0.15, -0.1) is 0 Å². The Labute approximate surface area is 204 Å². The Morgan fingerprint density at radius 3 is 2.14 bits per heavy atom. The number of aryl methyl sites for hydroxylation is 1. The summed E-state index contributed by atoms with van der Waals surface area (Å²) >= 11 is 0. The number of methoxy groups -OCH3 is 2. The summed E-state index contributed by atoms with van der Waals surface area (Å²) in [6.45, 7) is 5.19. The van der Waals surface area contributed by atoms with Crippen molar-refractivity contribution in [2.45, 2.75) is 13.0 Å². The van der Waals surface area contributed by atoms with E-state index in [1.807, 2.05) is 53.1 Å². The Balaban J connectivity index is 1.55. The molecule has 35 heavy (non-hydrogen) atoms. The number of nitrogens with zero attached hydrogens (tertiary/aromatic N) is 3. The third kappa shape index (κ3) is 4.80. The number of rotatable bonds is 8. The highest BCUT2D eigenvalue weighted by Crippen LogP contribution is 2.39. The number of ether oxygens (including phenoxy) is 3. The lowest BCUT2D eigenvalue weighted by Crippen LogP contribution is -2.37. The van der Waals surface area contributed by atoms with Crippen LogP contribution >= 0.6 is 0 Å². The lowest BCUT2D eigenvalue weighted by molar-refractivity contribution is 0.0369. The molecule has 0 atom stereocenters. The zero-order valence-electron chi connectivity index (χ0n) is 20.1. The molecular weight excluding hydrogens is 444 g/mol. The van der Waals surface area contributed by atoms with Crippen LogP contribution in [0.1, 0.15) is 6.42 Å². The van der Waals surface area contributed by atoms with Gasteiger partial charge in [-0.05, 0) is 48.4 Å². The van der Waals surface area contributed by atoms with Crippen molar-refractivity contribution in [3.8, 4) is 33.9 Å². The monoisotopic (exact) mass is 474 g/mol. The highest BCUT2D eigenvalue weighted by molar-refractivity contribution is 5.99. The van der Waals surface area contributed by atoms with Crippen LogP contribution in [0.15, 0.2) is 59.3 Å². The van der Waals surface area contributed by atoms with Crippen LogP contribution in [0.2, 0.25) is 0 Å². The van der Waals surface area contributed by atoms with E-state index in [0.717, 1.165) is 67.5 Å². The minimum atomic E-state index is 0.395. The Morgan fingerprint density at radius 1 is 0.886 bits per heavy atom. The Morgan fingerprint density at radius 2 is 1.51 bits per heavy atom. The van der Waals surface area contributed by atoms with Crippen molar-refractivity contribution in [3.63, 3.8) is 0 Å². The molecule has 0 bridgehead atoms. The molecule has 8 heteroatoms. The molecule has 1 aliphatic rings. The molecule has 0 unspecified atom stereocenters. The van der Waals surface area contributed by atoms with E-state index in [-0.39, 0.29) is 0 Å². The third-order valence-corrected chi connectivity index (χ3v) is 6.44. The molecule has 0 amide bonds. The van der Waals surface area contributed by atoms with Gasteiger partial charge in [0.2, 0.25) is 5.71 Å². The van der Waals surface area contributed by atoms with E-state index < -0.39 is 0 Å². The van der Waals surface area contributed by atoms with Crippen LogP contribution in [0.5, 0.6) is 11.5 Å². The molecule has 182 valence electrons. The number of aromatic nitrogens is 2. The predicted molar refractivity (Wildman–Crippen MR) is 134 cm³/mol. The summed E-state index contributed by atoms with van der Waals surface area (Å²) in [4.78, 5) is 7.01. The van der Waals surface area contributed by atoms with Gasteiger partial charge in [-0.25, -0.2) is 4.98 Å². The lowest BCUT2D eigenvalue weighted by atomic mass is 9.99. The third-order valence-electron chi connectivity index (χ3n) is 6.44. The van der Waals surface area contributed by atoms with Crippen LogP contribution in [-0.2, 0) is 11.3 Å². The van der Waals surface area contributed by atoms with Gasteiger partial charge in [-0.3, -0.25) is 10.3 Å². The van der Waals surface area contributed by atoms with Crippen molar-refractivity contribution in [3.05, 3.63) is 60.3 Å². The van der Waals surface area contributed by atoms with Crippen molar-refractivity contribution < 1.29 is 18.6 Å². The van der Waals surface area contributed by atoms with Gasteiger partial charge in [0.25, 0.3) is 0 Å². The normalized spacial score (nSPS) is 14.3. The van der Waals surface area contributed by atoms with E-state index in [1.165, 1.54) is 0 Å². The van der Waals surface area contributed by atoms with Crippen molar-refractivity contribution in [1.82, 2.24) is 14.5 Å². The first-order chi connectivity index (χ1) is 17.2. The number of nitrogens with one attached hydrogen (secondary N) is 1. The molecule has 1 fully saturated rings. The molecule has 2 aromatic carbocycles. The summed E-state index contributed by atoms with van der Waals surface area (Å²) in [5, 5.41) is 9.76. The van der Waals surface area contributed by atoms with Crippen LogP contribution in [0, 0.1) is 5.41 Å². The Bertz CT molecular complexity index is 1340. The highest BCUT2D eigenvalue weighted by atomic mass is 16.5. The molecule has 0 saturated carbocycles. The van der Waals surface area contributed by atoms with Gasteiger partial charge in [0.1, 0.15) is 29.1 Å². The fraction of sp³-hybridized carbons (Fsp3) is 0.333. The van der Waals surface area contributed by atoms with Gasteiger partial charge >= 0.3 is 0 Å². The molecular formula is C27H30N4O4. The van der Waals surface area contributed by atoms with Gasteiger partial charge in [0.05, 0.1) is 32.8 Å². The van der Waals surface area contributed by atoms with E-state index in [4.69, 9.17) is 24.0 Å². The molecule has 2 aromatic heterocycles. The fourth-order valence-corrected chi connectivity index (χ4v) is 4.49. The largest absolute Gasteiger partial charge is 0.497 e. The van der Waals surface area contributed by atoms with E-state index in [0.29, 0.717) is 28.9 Å². The summed E-state index contributed by atoms with van der Waals surface area (Å²) in [7, 11) is 3.30. The summed E-state index contributed by atoms with van der Waals surface area (Å²) in [6, 6.07) is 15.6. The number of hydrogen-bond acceptors (Lipinski definition) is 7. The molecule has 8 nitrogen and oxygen atoms in total. The molecule has 0 spiro atoms. The van der Waals surface area contributed by atoms with Crippen molar-refractivity contribution in [1.29, 1.82) is 5.41 Å². The summed E-state index contributed by atoms with van der Waals surface area (Å²) < 4.78 is 24.3. The Hall–Kier alpha value is -3.62. The number of fused-ring (bicyclic) bond motifs is 1. The number of morpholine rings is 1. The molecule has 1 aliphatic heterocycles. The molecule has 4 aromatic rings. The summed E-state index contributed by atoms with van der Waals surface area (Å²) in [5.41, 5.74) is 3.54. The van der Waals surface area contributed by atoms with E-state index in [9.17, 15) is 0 Å². The van der Waals surface area contributed by atoms with Crippen LogP contribution in [0.4, 0.5) is 0 Å². The second kappa shape index (κ2) is 10.3. The minimum Gasteiger partial charge on any atom is -0.497 e. The van der Waals surface area contributed by atoms with Gasteiger partial charge in [-0.2, -0.15) is 0 Å². The smallest absolute Gasteiger partial charge is 0.232 e. The maximum absolute atomic E-state index is 9.06. The summed E-state index contributed by atoms with van der Waals surface area (Å²) in [6.07, 6.45) is 2.65. The van der Waals surface area contributed by atoms with E-state index in [1.54, 1.807) is 20.5 Å². The van der Waals surface area contributed by atoms with Crippen LogP contribution < -0.4 is 15.0 Å². The average Bonchev–Trinajstić information content (AvgIpc) is 3.31. The molecule has 0 aliphatic carbocycles. The van der Waals surface area contributed by atoms with Crippen molar-refractivity contribution in [2.24, 2.45) is 0 Å². The molecule has 1 N–H and O–H groups in total. The van der Waals surface area contributed by atoms with Crippen LogP contribution in [0.25, 0.3) is 33.6 Å². The first-order valence-electron chi connectivity index (χ1n) is 11.8. The predicted octanol–water partition coefficient (Wildman–Crippen LogP) is 4.18. The fourth-order valence-electron chi connectivity index (χ4n) is 4.49. The first kappa shape index (κ1) is 23.1. The van der Waals surface area contributed by atoms with E-state index in [2.05, 4.69) is 9.88 Å². The topological polar surface area (TPSA) is 85.7 Å². The minimum absolute atomic E-state index is 0.395. The zero-order chi connectivity index (χ0) is 24.2. The maximum Gasteiger partial charge on any atom is 0.232 e. The standard InChI is InChI=1S/C27H30N4O4/c1-32-21-8-4-19(5-9-21)23-24-26(28)31(13-3-12-30-14-16-34-17-15-30)18-29-27(24)35-25(23)20-6-10-22(33-2)11-7-20/h4-11,18,28H,3,12-17H2,1-2H3. The van der Waals surface area contributed by atoms with Gasteiger partial charge in [-0.1, -0.05) is 12.1 Å². The maximum atomic E-state index is 9.06. The second-order valence-electron chi connectivity index (χ2n) is 8.54. The van der Waals surface area contributed by atoms with Crippen molar-refractivity contribution >= 4 is 11.1 Å². The van der Waals surface area contributed by atoms with Gasteiger partial charge in [0.15, 0.2) is 0 Å². The lowest BCUT2D eigenvalue weighted by Gasteiger charge is -2.26. The highest BCUT2D eigenvalue weighted by Gasteiger charge is 2.21. The Kier molecular flexibility index (Phi) is 6.83. The van der Waals surface area contributed by atoms with Crippen LogP contribution in [-0.4, -0.2) is 61.5 Å². The van der Waals surface area contributed by atoms with E-state index >= 15 is 0 Å². The first-order valence-corrected chi connectivity index (χ1v) is 11.8. The quantitative estimate of drug-likeness (QED) is 0.412. The SMILES string of the molecule is COc1ccc(-c2oc3ncn(CCCN4CCOCC4)c(=N)c3c2-c2ccc(OC)cc2)cc1. The second-order valence-corrected chi connectivity index (χ2v) is 8.54. The molecule has 5 rings (SSSR count). The van der Waals surface area contributed by atoms with Crippen molar-refractivity contribution in [2.75, 3.05) is 47.1 Å². The summed E-state index contributed by atoms with van der Waals surface area (Å²) in [5.74, 6) is 2.23.